The maximum atomic E-state index is 13.2. The monoisotopic (exact) mass is 217 g/mol. The summed E-state index contributed by atoms with van der Waals surface area (Å²) in [6.07, 6.45) is 0. The van der Waals surface area contributed by atoms with Gasteiger partial charge in [-0.1, -0.05) is 17.7 Å². The molecule has 0 heterocycles. The van der Waals surface area contributed by atoms with Crippen LogP contribution in [-0.4, -0.2) is 19.6 Å². The molecule has 0 aliphatic rings. The lowest BCUT2D eigenvalue weighted by Crippen LogP contribution is -2.17. The van der Waals surface area contributed by atoms with Gasteiger partial charge in [0.2, 0.25) is 5.91 Å². The molecule has 1 aromatic carbocycles. The third-order valence-corrected chi connectivity index (χ3v) is 1.79. The van der Waals surface area contributed by atoms with E-state index in [2.05, 4.69) is 10.1 Å². The van der Waals surface area contributed by atoms with E-state index >= 15 is 0 Å². The number of carbonyl (C=O) groups excluding carboxylic acids is 1. The van der Waals surface area contributed by atoms with Crippen molar-refractivity contribution < 1.29 is 13.9 Å². The van der Waals surface area contributed by atoms with Gasteiger partial charge in [0, 0.05) is 7.11 Å². The Bertz CT molecular complexity index is 344. The second-order valence-corrected chi connectivity index (χ2v) is 2.99. The zero-order chi connectivity index (χ0) is 10.6. The molecule has 0 atom stereocenters. The number of nitrogens with one attached hydrogen (secondary N) is 1. The highest BCUT2D eigenvalue weighted by Gasteiger charge is 2.08. The lowest BCUT2D eigenvalue weighted by Gasteiger charge is -2.05. The van der Waals surface area contributed by atoms with Crippen molar-refractivity contribution in [3.8, 4) is 0 Å². The number of ether oxygens (including phenoxy) is 1. The van der Waals surface area contributed by atoms with Crippen molar-refractivity contribution in [3.05, 3.63) is 29.0 Å². The van der Waals surface area contributed by atoms with Crippen LogP contribution >= 0.6 is 11.6 Å². The normalized spacial score (nSPS) is 9.93. The zero-order valence-electron chi connectivity index (χ0n) is 7.51. The first-order valence-corrected chi connectivity index (χ1v) is 4.25. The molecule has 0 aromatic heterocycles. The van der Waals surface area contributed by atoms with E-state index < -0.39 is 11.7 Å². The second kappa shape index (κ2) is 4.93. The molecule has 3 nitrogen and oxygen atoms in total. The van der Waals surface area contributed by atoms with Crippen LogP contribution in [0, 0.1) is 5.82 Å². The van der Waals surface area contributed by atoms with Crippen molar-refractivity contribution in [3.63, 3.8) is 0 Å². The second-order valence-electron chi connectivity index (χ2n) is 2.58. The van der Waals surface area contributed by atoms with E-state index in [1.165, 1.54) is 19.2 Å². The van der Waals surface area contributed by atoms with Crippen molar-refractivity contribution in [2.45, 2.75) is 0 Å². The molecule has 0 aliphatic heterocycles. The van der Waals surface area contributed by atoms with Gasteiger partial charge in [-0.2, -0.15) is 0 Å². The number of rotatable bonds is 3. The summed E-state index contributed by atoms with van der Waals surface area (Å²) < 4.78 is 17.8. The maximum Gasteiger partial charge on any atom is 0.250 e. The third kappa shape index (κ3) is 2.68. The summed E-state index contributed by atoms with van der Waals surface area (Å²) in [6, 6.07) is 4.38. The first-order valence-electron chi connectivity index (χ1n) is 3.88. The van der Waals surface area contributed by atoms with Crippen molar-refractivity contribution in [1.82, 2.24) is 0 Å². The summed E-state index contributed by atoms with van der Waals surface area (Å²) in [5.41, 5.74) is 0.0551. The van der Waals surface area contributed by atoms with E-state index in [4.69, 9.17) is 11.6 Å². The summed E-state index contributed by atoms with van der Waals surface area (Å²) in [7, 11) is 1.38. The Hall–Kier alpha value is -1.13. The van der Waals surface area contributed by atoms with E-state index in [1.807, 2.05) is 0 Å². The Morgan fingerprint density at radius 2 is 2.36 bits per heavy atom. The molecule has 0 saturated heterocycles. The molecule has 0 spiro atoms. The van der Waals surface area contributed by atoms with E-state index in [0.29, 0.717) is 0 Å². The molecule has 1 rings (SSSR count). The number of anilines is 1. The van der Waals surface area contributed by atoms with Crippen LogP contribution in [0.1, 0.15) is 0 Å². The van der Waals surface area contributed by atoms with E-state index in [9.17, 15) is 9.18 Å². The van der Waals surface area contributed by atoms with Gasteiger partial charge >= 0.3 is 0 Å². The van der Waals surface area contributed by atoms with Gasteiger partial charge in [0.1, 0.15) is 6.61 Å². The van der Waals surface area contributed by atoms with Crippen LogP contribution in [0.4, 0.5) is 10.1 Å². The number of benzene rings is 1. The summed E-state index contributed by atoms with van der Waals surface area (Å²) in [6.45, 7) is -0.119. The molecule has 1 N–H and O–H groups in total. The molecule has 0 aliphatic carbocycles. The van der Waals surface area contributed by atoms with Crippen molar-refractivity contribution in [1.29, 1.82) is 0 Å². The number of methoxy groups -OCH3 is 1. The van der Waals surface area contributed by atoms with Crippen molar-refractivity contribution in [2.24, 2.45) is 0 Å². The predicted octanol–water partition coefficient (Wildman–Crippen LogP) is 2.06. The molecular weight excluding hydrogens is 209 g/mol. The molecule has 0 fully saturated rings. The lowest BCUT2D eigenvalue weighted by molar-refractivity contribution is -0.119. The van der Waals surface area contributed by atoms with Crippen LogP contribution in [0.25, 0.3) is 0 Å². The van der Waals surface area contributed by atoms with E-state index in [1.54, 1.807) is 6.07 Å². The van der Waals surface area contributed by atoms with Crippen molar-refractivity contribution in [2.75, 3.05) is 19.0 Å². The standard InChI is InChI=1S/C9H9ClFNO2/c1-14-5-8(13)12-7-4-2-3-6(10)9(7)11/h2-4H,5H2,1H3,(H,12,13). The van der Waals surface area contributed by atoms with Crippen LogP contribution in [0.15, 0.2) is 18.2 Å². The molecule has 0 bridgehead atoms. The average Bonchev–Trinajstić information content (AvgIpc) is 2.13. The smallest absolute Gasteiger partial charge is 0.250 e. The molecule has 1 amide bonds. The van der Waals surface area contributed by atoms with E-state index in [0.717, 1.165) is 0 Å². The average molecular weight is 218 g/mol. The summed E-state index contributed by atoms with van der Waals surface area (Å²) >= 11 is 5.52. The van der Waals surface area contributed by atoms with Gasteiger partial charge in [-0.05, 0) is 12.1 Å². The largest absolute Gasteiger partial charge is 0.375 e. The Balaban J connectivity index is 2.76. The van der Waals surface area contributed by atoms with Crippen LogP contribution in [0.2, 0.25) is 5.02 Å². The zero-order valence-corrected chi connectivity index (χ0v) is 8.27. The quantitative estimate of drug-likeness (QED) is 0.842. The summed E-state index contributed by atoms with van der Waals surface area (Å²) in [4.78, 5) is 11.0. The first kappa shape index (κ1) is 10.9. The first-order chi connectivity index (χ1) is 6.65. The van der Waals surface area contributed by atoms with Gasteiger partial charge in [0.05, 0.1) is 10.7 Å². The minimum absolute atomic E-state index is 0.0276. The molecule has 0 saturated carbocycles. The minimum atomic E-state index is -0.640. The molecule has 0 unspecified atom stereocenters. The highest BCUT2D eigenvalue weighted by atomic mass is 35.5. The Kier molecular flexibility index (Phi) is 3.85. The van der Waals surface area contributed by atoms with Gasteiger partial charge in [0.15, 0.2) is 5.82 Å². The predicted molar refractivity (Wildman–Crippen MR) is 51.9 cm³/mol. The highest BCUT2D eigenvalue weighted by molar-refractivity contribution is 6.31. The van der Waals surface area contributed by atoms with Crippen LogP contribution in [-0.2, 0) is 9.53 Å². The van der Waals surface area contributed by atoms with Crippen LogP contribution in [0.5, 0.6) is 0 Å². The van der Waals surface area contributed by atoms with Crippen LogP contribution in [0.3, 0.4) is 0 Å². The molecule has 76 valence electrons. The number of amides is 1. The van der Waals surface area contributed by atoms with Crippen LogP contribution < -0.4 is 5.32 Å². The molecule has 14 heavy (non-hydrogen) atoms. The highest BCUT2D eigenvalue weighted by Crippen LogP contribution is 2.21. The van der Waals surface area contributed by atoms with Gasteiger partial charge in [-0.25, -0.2) is 4.39 Å². The Morgan fingerprint density at radius 3 is 3.00 bits per heavy atom. The van der Waals surface area contributed by atoms with Gasteiger partial charge in [0.25, 0.3) is 0 Å². The lowest BCUT2D eigenvalue weighted by atomic mass is 10.3. The fourth-order valence-corrected chi connectivity index (χ4v) is 1.09. The van der Waals surface area contributed by atoms with Crippen molar-refractivity contribution >= 4 is 23.2 Å². The van der Waals surface area contributed by atoms with Gasteiger partial charge < -0.3 is 10.1 Å². The molecule has 5 heteroatoms. The van der Waals surface area contributed by atoms with Gasteiger partial charge in [-0.3, -0.25) is 4.79 Å². The number of carbonyl (C=O) groups is 1. The summed E-state index contributed by atoms with van der Waals surface area (Å²) in [5, 5.41) is 2.30. The minimum Gasteiger partial charge on any atom is -0.375 e. The summed E-state index contributed by atoms with van der Waals surface area (Å²) in [5.74, 6) is -1.06. The van der Waals surface area contributed by atoms with Gasteiger partial charge in [-0.15, -0.1) is 0 Å². The SMILES string of the molecule is COCC(=O)Nc1cccc(Cl)c1F. The Labute approximate surface area is 85.8 Å². The number of hydrogen-bond donors (Lipinski definition) is 1. The number of halogens is 2. The van der Waals surface area contributed by atoms with E-state index in [-0.39, 0.29) is 17.3 Å². The molecule has 1 aromatic rings. The fraction of sp³-hybridized carbons (Fsp3) is 0.222. The molecule has 0 radical (unpaired) electrons. The third-order valence-electron chi connectivity index (χ3n) is 1.50. The fourth-order valence-electron chi connectivity index (χ4n) is 0.918. The topological polar surface area (TPSA) is 38.3 Å². The maximum absolute atomic E-state index is 13.2. The number of hydrogen-bond acceptors (Lipinski definition) is 2. The molecular formula is C9H9ClFNO2. The Morgan fingerprint density at radius 1 is 1.64 bits per heavy atom.